The van der Waals surface area contributed by atoms with Crippen LogP contribution in [0.15, 0.2) is 0 Å². The monoisotopic (exact) mass is 335 g/mol. The number of nitrogens with one attached hydrogen (secondary N) is 3. The minimum absolute atomic E-state index is 0.00184. The third kappa shape index (κ3) is 3.86. The van der Waals surface area contributed by atoms with Crippen molar-refractivity contribution in [1.82, 2.24) is 16.0 Å². The van der Waals surface area contributed by atoms with Crippen LogP contribution in [0.5, 0.6) is 0 Å². The van der Waals surface area contributed by atoms with Crippen molar-refractivity contribution in [3.8, 4) is 0 Å². The minimum atomic E-state index is -0.00184. The Balaban J connectivity index is 1.45. The molecule has 0 aromatic rings. The number of amides is 3. The second kappa shape index (κ2) is 6.57. The van der Waals surface area contributed by atoms with Gasteiger partial charge in [0.2, 0.25) is 5.91 Å². The minimum Gasteiger partial charge on any atom is -0.354 e. The van der Waals surface area contributed by atoms with Gasteiger partial charge in [-0.1, -0.05) is 13.8 Å². The molecule has 0 radical (unpaired) electrons. The van der Waals surface area contributed by atoms with Crippen LogP contribution in [0.3, 0.4) is 0 Å². The highest BCUT2D eigenvalue weighted by Crippen LogP contribution is 2.63. The Bertz CT molecular complexity index is 501. The van der Waals surface area contributed by atoms with E-state index < -0.39 is 0 Å². The summed E-state index contributed by atoms with van der Waals surface area (Å²) in [7, 11) is 0. The van der Waals surface area contributed by atoms with E-state index in [1.54, 1.807) is 6.92 Å². The fraction of sp³-hybridized carbons (Fsp3) is 0.895. The molecule has 136 valence electrons. The Morgan fingerprint density at radius 2 is 1.62 bits per heavy atom. The maximum absolute atomic E-state index is 12.5. The summed E-state index contributed by atoms with van der Waals surface area (Å²) in [5.74, 6) is 0.845. The molecule has 0 aromatic carbocycles. The molecule has 24 heavy (non-hydrogen) atoms. The van der Waals surface area contributed by atoms with Gasteiger partial charge in [-0.25, -0.2) is 4.79 Å². The first-order chi connectivity index (χ1) is 11.3. The molecule has 3 aliphatic rings. The number of fused-ring (bicyclic) bond motifs is 1. The molecular weight excluding hydrogens is 302 g/mol. The molecule has 0 bridgehead atoms. The van der Waals surface area contributed by atoms with Gasteiger partial charge in [-0.2, -0.15) is 0 Å². The molecule has 0 saturated heterocycles. The van der Waals surface area contributed by atoms with Crippen LogP contribution in [-0.4, -0.2) is 29.6 Å². The Morgan fingerprint density at radius 1 is 1.00 bits per heavy atom. The molecule has 0 spiro atoms. The first-order valence-corrected chi connectivity index (χ1v) is 9.70. The summed E-state index contributed by atoms with van der Waals surface area (Å²) in [4.78, 5) is 23.6. The van der Waals surface area contributed by atoms with Gasteiger partial charge in [0, 0.05) is 24.5 Å². The molecule has 3 fully saturated rings. The van der Waals surface area contributed by atoms with Crippen molar-refractivity contribution in [3.05, 3.63) is 0 Å². The highest BCUT2D eigenvalue weighted by molar-refractivity contribution is 5.75. The Morgan fingerprint density at radius 3 is 2.17 bits per heavy atom. The van der Waals surface area contributed by atoms with Crippen LogP contribution < -0.4 is 16.0 Å². The second-order valence-corrected chi connectivity index (χ2v) is 8.74. The summed E-state index contributed by atoms with van der Waals surface area (Å²) >= 11 is 0. The number of rotatable bonds is 4. The predicted molar refractivity (Wildman–Crippen MR) is 94.6 cm³/mol. The number of hydrogen-bond acceptors (Lipinski definition) is 2. The van der Waals surface area contributed by atoms with Crippen molar-refractivity contribution in [3.63, 3.8) is 0 Å². The fourth-order valence-corrected chi connectivity index (χ4v) is 4.88. The van der Waals surface area contributed by atoms with Crippen molar-refractivity contribution in [1.29, 1.82) is 0 Å². The van der Waals surface area contributed by atoms with E-state index in [4.69, 9.17) is 0 Å². The zero-order chi connectivity index (χ0) is 17.4. The standard InChI is InChI=1S/C19H33N3O2/c1-4-19(10-9-18(3)11-14(18)12-19)22-17(24)21-16-7-5-15(6-8-16)20-13(2)23/h14-16H,4-12H2,1-3H3,(H,20,23)(H2,21,22,24)/t14?,15?,16?,18-,19?/m1/s1. The molecular formula is C19H33N3O2. The van der Waals surface area contributed by atoms with Gasteiger partial charge in [0.25, 0.3) is 0 Å². The van der Waals surface area contributed by atoms with Crippen LogP contribution in [0.1, 0.15) is 78.6 Å². The summed E-state index contributed by atoms with van der Waals surface area (Å²) < 4.78 is 0. The van der Waals surface area contributed by atoms with Gasteiger partial charge < -0.3 is 16.0 Å². The lowest BCUT2D eigenvalue weighted by atomic mass is 9.75. The fourth-order valence-electron chi connectivity index (χ4n) is 4.88. The highest BCUT2D eigenvalue weighted by Gasteiger charge is 2.56. The molecule has 5 nitrogen and oxygen atoms in total. The number of carbonyl (C=O) groups is 2. The first-order valence-electron chi connectivity index (χ1n) is 9.70. The predicted octanol–water partition coefficient (Wildman–Crippen LogP) is 3.09. The normalized spacial score (nSPS) is 41.0. The zero-order valence-corrected chi connectivity index (χ0v) is 15.4. The summed E-state index contributed by atoms with van der Waals surface area (Å²) in [6.07, 6.45) is 9.63. The molecule has 3 amide bonds. The topological polar surface area (TPSA) is 70.2 Å². The van der Waals surface area contributed by atoms with Crippen LogP contribution in [0, 0.1) is 11.3 Å². The lowest BCUT2D eigenvalue weighted by molar-refractivity contribution is -0.119. The van der Waals surface area contributed by atoms with Crippen molar-refractivity contribution in [2.75, 3.05) is 0 Å². The van der Waals surface area contributed by atoms with Crippen molar-refractivity contribution in [2.24, 2.45) is 11.3 Å². The molecule has 3 N–H and O–H groups in total. The molecule has 2 unspecified atom stereocenters. The quantitative estimate of drug-likeness (QED) is 0.739. The van der Waals surface area contributed by atoms with Crippen LogP contribution in [0.25, 0.3) is 0 Å². The Hall–Kier alpha value is -1.26. The second-order valence-electron chi connectivity index (χ2n) is 8.74. The van der Waals surface area contributed by atoms with Crippen molar-refractivity contribution < 1.29 is 9.59 Å². The molecule has 3 saturated carbocycles. The van der Waals surface area contributed by atoms with Gasteiger partial charge in [-0.15, -0.1) is 0 Å². The molecule has 5 heteroatoms. The molecule has 0 heterocycles. The van der Waals surface area contributed by atoms with Gasteiger partial charge in [-0.3, -0.25) is 4.79 Å². The van der Waals surface area contributed by atoms with E-state index in [9.17, 15) is 9.59 Å². The van der Waals surface area contributed by atoms with E-state index in [0.29, 0.717) is 5.41 Å². The smallest absolute Gasteiger partial charge is 0.315 e. The van der Waals surface area contributed by atoms with Gasteiger partial charge in [0.15, 0.2) is 0 Å². The summed E-state index contributed by atoms with van der Waals surface area (Å²) in [5, 5.41) is 9.48. The summed E-state index contributed by atoms with van der Waals surface area (Å²) in [6.45, 7) is 6.16. The Labute approximate surface area is 145 Å². The lowest BCUT2D eigenvalue weighted by Crippen LogP contribution is -2.56. The largest absolute Gasteiger partial charge is 0.354 e. The third-order valence-electron chi connectivity index (χ3n) is 6.88. The average Bonchev–Trinajstić information content (AvgIpc) is 3.19. The SMILES string of the molecule is CCC1(NC(=O)NC2CCC(NC(C)=O)CC2)CC[C@]2(C)CC2C1. The zero-order valence-electron chi connectivity index (χ0n) is 15.4. The Kier molecular flexibility index (Phi) is 4.80. The van der Waals surface area contributed by atoms with E-state index in [0.717, 1.165) is 50.9 Å². The van der Waals surface area contributed by atoms with Crippen LogP contribution in [0.4, 0.5) is 4.79 Å². The average molecular weight is 335 g/mol. The highest BCUT2D eigenvalue weighted by atomic mass is 16.2. The lowest BCUT2D eigenvalue weighted by Gasteiger charge is -2.40. The third-order valence-corrected chi connectivity index (χ3v) is 6.88. The number of hydrogen-bond donors (Lipinski definition) is 3. The van der Waals surface area contributed by atoms with E-state index in [2.05, 4.69) is 29.8 Å². The maximum atomic E-state index is 12.5. The first kappa shape index (κ1) is 17.6. The van der Waals surface area contributed by atoms with Gasteiger partial charge in [0.05, 0.1) is 0 Å². The van der Waals surface area contributed by atoms with E-state index in [1.165, 1.54) is 12.8 Å². The van der Waals surface area contributed by atoms with Gasteiger partial charge in [0.1, 0.15) is 0 Å². The number of carbonyl (C=O) groups excluding carboxylic acids is 2. The summed E-state index contributed by atoms with van der Waals surface area (Å²) in [5.41, 5.74) is 0.567. The van der Waals surface area contributed by atoms with Crippen molar-refractivity contribution >= 4 is 11.9 Å². The van der Waals surface area contributed by atoms with Gasteiger partial charge >= 0.3 is 6.03 Å². The van der Waals surface area contributed by atoms with Crippen LogP contribution in [0.2, 0.25) is 0 Å². The van der Waals surface area contributed by atoms with E-state index >= 15 is 0 Å². The van der Waals surface area contributed by atoms with Crippen LogP contribution >= 0.6 is 0 Å². The summed E-state index contributed by atoms with van der Waals surface area (Å²) in [6, 6.07) is 0.513. The number of urea groups is 1. The molecule has 0 aliphatic heterocycles. The van der Waals surface area contributed by atoms with E-state index in [1.807, 2.05) is 0 Å². The maximum Gasteiger partial charge on any atom is 0.315 e. The van der Waals surface area contributed by atoms with E-state index in [-0.39, 0.29) is 29.6 Å². The molecule has 3 atom stereocenters. The van der Waals surface area contributed by atoms with Crippen LogP contribution in [-0.2, 0) is 4.79 Å². The van der Waals surface area contributed by atoms with Gasteiger partial charge in [-0.05, 0) is 69.1 Å². The molecule has 0 aromatic heterocycles. The molecule has 3 aliphatic carbocycles. The molecule has 3 rings (SSSR count). The van der Waals surface area contributed by atoms with Crippen molar-refractivity contribution in [2.45, 2.75) is 96.2 Å².